The van der Waals surface area contributed by atoms with Crippen molar-refractivity contribution in [3.8, 4) is 0 Å². The number of aliphatic carboxylic acids is 1. The van der Waals surface area contributed by atoms with Crippen molar-refractivity contribution in [1.82, 2.24) is 5.32 Å². The van der Waals surface area contributed by atoms with Gasteiger partial charge in [0.2, 0.25) is 0 Å². The Morgan fingerprint density at radius 3 is 2.69 bits per heavy atom. The fourth-order valence-electron chi connectivity index (χ4n) is 1.20. The third kappa shape index (κ3) is 11.2. The van der Waals surface area contributed by atoms with Gasteiger partial charge in [0.1, 0.15) is 0 Å². The Hall–Kier alpha value is -0.870. The Bertz CT molecular complexity index is 214. The molecule has 94 valence electrons. The van der Waals surface area contributed by atoms with Crippen LogP contribution in [0.5, 0.6) is 0 Å². The van der Waals surface area contributed by atoms with Gasteiger partial charge in [-0.1, -0.05) is 18.9 Å². The minimum Gasteiger partial charge on any atom is -0.478 e. The zero-order valence-electron chi connectivity index (χ0n) is 10.3. The summed E-state index contributed by atoms with van der Waals surface area (Å²) in [6, 6.07) is 0. The fourth-order valence-corrected chi connectivity index (χ4v) is 1.20. The van der Waals surface area contributed by atoms with E-state index >= 15 is 0 Å². The lowest BCUT2D eigenvalue weighted by atomic mass is 10.3. The summed E-state index contributed by atoms with van der Waals surface area (Å²) >= 11 is 0. The van der Waals surface area contributed by atoms with Crippen LogP contribution in [0.1, 0.15) is 33.1 Å². The Morgan fingerprint density at radius 2 is 2.06 bits per heavy atom. The average molecular weight is 229 g/mol. The van der Waals surface area contributed by atoms with Crippen molar-refractivity contribution in [3.63, 3.8) is 0 Å². The van der Waals surface area contributed by atoms with Crippen molar-refractivity contribution >= 4 is 5.97 Å². The highest BCUT2D eigenvalue weighted by Crippen LogP contribution is 1.91. The maximum Gasteiger partial charge on any atom is 0.328 e. The largest absolute Gasteiger partial charge is 0.478 e. The molecule has 0 aliphatic carbocycles. The summed E-state index contributed by atoms with van der Waals surface area (Å²) < 4.78 is 5.40. The smallest absolute Gasteiger partial charge is 0.328 e. The molecule has 0 saturated carbocycles. The van der Waals surface area contributed by atoms with E-state index in [2.05, 4.69) is 12.2 Å². The number of unbranched alkanes of at least 4 members (excludes halogenated alkanes) is 1. The first kappa shape index (κ1) is 15.1. The van der Waals surface area contributed by atoms with E-state index in [1.165, 1.54) is 6.08 Å². The van der Waals surface area contributed by atoms with Crippen molar-refractivity contribution in [3.05, 3.63) is 11.6 Å². The lowest BCUT2D eigenvalue weighted by Gasteiger charge is -2.05. The van der Waals surface area contributed by atoms with Crippen molar-refractivity contribution in [1.29, 1.82) is 0 Å². The minimum atomic E-state index is -0.887. The normalized spacial score (nSPS) is 11.8. The van der Waals surface area contributed by atoms with E-state index in [-0.39, 0.29) is 0 Å². The predicted octanol–water partition coefficient (Wildman–Crippen LogP) is 1.81. The van der Waals surface area contributed by atoms with Gasteiger partial charge in [0.25, 0.3) is 0 Å². The number of ether oxygens (including phenoxy) is 1. The lowest BCUT2D eigenvalue weighted by molar-refractivity contribution is -0.131. The molecule has 0 saturated heterocycles. The Kier molecular flexibility index (Phi) is 10.1. The molecule has 0 aromatic heterocycles. The van der Waals surface area contributed by atoms with E-state index in [1.807, 2.05) is 0 Å². The molecule has 16 heavy (non-hydrogen) atoms. The molecule has 0 unspecified atom stereocenters. The zero-order valence-corrected chi connectivity index (χ0v) is 10.3. The molecule has 0 bridgehead atoms. The highest BCUT2D eigenvalue weighted by molar-refractivity contribution is 5.80. The first-order chi connectivity index (χ1) is 7.66. The van der Waals surface area contributed by atoms with Crippen LogP contribution in [0.25, 0.3) is 0 Å². The Labute approximate surface area is 97.7 Å². The minimum absolute atomic E-state index is 0.626. The summed E-state index contributed by atoms with van der Waals surface area (Å²) in [5, 5.41) is 11.7. The number of carbonyl (C=O) groups is 1. The van der Waals surface area contributed by atoms with Gasteiger partial charge in [0.05, 0.1) is 0 Å². The fraction of sp³-hybridized carbons (Fsp3) is 0.750. The van der Waals surface area contributed by atoms with Gasteiger partial charge in [-0.05, 0) is 26.3 Å². The number of nitrogens with one attached hydrogen (secondary N) is 1. The number of carboxylic acid groups (broad SMARTS) is 1. The second-order valence-corrected chi connectivity index (χ2v) is 3.83. The molecule has 0 aromatic carbocycles. The van der Waals surface area contributed by atoms with Gasteiger partial charge in [-0.25, -0.2) is 4.79 Å². The van der Waals surface area contributed by atoms with Crippen molar-refractivity contribution in [2.45, 2.75) is 33.1 Å². The maximum absolute atomic E-state index is 10.3. The molecule has 0 aromatic rings. The van der Waals surface area contributed by atoms with E-state index in [4.69, 9.17) is 9.84 Å². The monoisotopic (exact) mass is 229 g/mol. The lowest BCUT2D eigenvalue weighted by Crippen LogP contribution is -2.19. The highest BCUT2D eigenvalue weighted by Gasteiger charge is 1.94. The van der Waals surface area contributed by atoms with Gasteiger partial charge in [-0.2, -0.15) is 0 Å². The van der Waals surface area contributed by atoms with Gasteiger partial charge in [-0.15, -0.1) is 0 Å². The van der Waals surface area contributed by atoms with E-state index in [1.54, 1.807) is 6.92 Å². The molecular weight excluding hydrogens is 206 g/mol. The highest BCUT2D eigenvalue weighted by atomic mass is 16.5. The van der Waals surface area contributed by atoms with Gasteiger partial charge in [0.15, 0.2) is 0 Å². The predicted molar refractivity (Wildman–Crippen MR) is 64.6 cm³/mol. The van der Waals surface area contributed by atoms with E-state index in [0.29, 0.717) is 6.54 Å². The van der Waals surface area contributed by atoms with Gasteiger partial charge < -0.3 is 15.2 Å². The standard InChI is InChI=1S/C12H23NO3/c1-3-4-7-16-8-5-6-13-10-11(2)9-12(14)15/h9,13H,3-8,10H2,1-2H3,(H,14,15). The number of hydrogen-bond acceptors (Lipinski definition) is 3. The van der Waals surface area contributed by atoms with Crippen LogP contribution < -0.4 is 5.32 Å². The third-order valence-corrected chi connectivity index (χ3v) is 2.06. The van der Waals surface area contributed by atoms with Crippen molar-refractivity contribution in [2.75, 3.05) is 26.3 Å². The summed E-state index contributed by atoms with van der Waals surface area (Å²) in [4.78, 5) is 10.3. The van der Waals surface area contributed by atoms with Crippen LogP contribution in [0.3, 0.4) is 0 Å². The van der Waals surface area contributed by atoms with Crippen LogP contribution in [0, 0.1) is 0 Å². The van der Waals surface area contributed by atoms with Crippen molar-refractivity contribution < 1.29 is 14.6 Å². The molecule has 0 spiro atoms. The van der Waals surface area contributed by atoms with Crippen molar-refractivity contribution in [2.24, 2.45) is 0 Å². The van der Waals surface area contributed by atoms with E-state index in [0.717, 1.165) is 44.6 Å². The molecule has 0 heterocycles. The molecule has 0 aliphatic heterocycles. The summed E-state index contributed by atoms with van der Waals surface area (Å²) in [6.45, 7) is 7.04. The molecule has 0 rings (SSSR count). The molecule has 2 N–H and O–H groups in total. The summed E-state index contributed by atoms with van der Waals surface area (Å²) in [6.07, 6.45) is 4.47. The van der Waals surface area contributed by atoms with Gasteiger partial charge >= 0.3 is 5.97 Å². The molecule has 0 fully saturated rings. The third-order valence-electron chi connectivity index (χ3n) is 2.06. The number of carboxylic acids is 1. The van der Waals surface area contributed by atoms with Crippen LogP contribution in [0.15, 0.2) is 11.6 Å². The summed E-state index contributed by atoms with van der Waals surface area (Å²) in [5.74, 6) is -0.887. The first-order valence-electron chi connectivity index (χ1n) is 5.85. The quantitative estimate of drug-likeness (QED) is 0.443. The maximum atomic E-state index is 10.3. The molecule has 4 nitrogen and oxygen atoms in total. The average Bonchev–Trinajstić information content (AvgIpc) is 2.21. The van der Waals surface area contributed by atoms with E-state index < -0.39 is 5.97 Å². The Morgan fingerprint density at radius 1 is 1.38 bits per heavy atom. The van der Waals surface area contributed by atoms with Crippen LogP contribution in [0.2, 0.25) is 0 Å². The zero-order chi connectivity index (χ0) is 12.2. The first-order valence-corrected chi connectivity index (χ1v) is 5.85. The topological polar surface area (TPSA) is 58.6 Å². The summed E-state index contributed by atoms with van der Waals surface area (Å²) in [5.41, 5.74) is 0.833. The molecule has 4 heteroatoms. The molecule has 0 radical (unpaired) electrons. The van der Waals surface area contributed by atoms with E-state index in [9.17, 15) is 4.79 Å². The molecular formula is C12H23NO3. The number of hydrogen-bond donors (Lipinski definition) is 2. The SMILES string of the molecule is CCCCOCCCNCC(C)=CC(=O)O. The van der Waals surface area contributed by atoms with Crippen LogP contribution >= 0.6 is 0 Å². The van der Waals surface area contributed by atoms with Crippen LogP contribution in [-0.2, 0) is 9.53 Å². The molecule has 0 amide bonds. The molecule has 0 atom stereocenters. The van der Waals surface area contributed by atoms with Crippen LogP contribution in [-0.4, -0.2) is 37.4 Å². The second-order valence-electron chi connectivity index (χ2n) is 3.83. The number of rotatable bonds is 10. The Balaban J connectivity index is 3.24. The second kappa shape index (κ2) is 10.6. The van der Waals surface area contributed by atoms with Crippen LogP contribution in [0.4, 0.5) is 0 Å². The van der Waals surface area contributed by atoms with Gasteiger partial charge in [0, 0.05) is 25.8 Å². The summed E-state index contributed by atoms with van der Waals surface area (Å²) in [7, 11) is 0. The van der Waals surface area contributed by atoms with Gasteiger partial charge in [-0.3, -0.25) is 0 Å². The molecule has 0 aliphatic rings.